The van der Waals surface area contributed by atoms with Gasteiger partial charge in [0.25, 0.3) is 5.91 Å². The lowest BCUT2D eigenvalue weighted by atomic mass is 10.0. The Morgan fingerprint density at radius 2 is 1.80 bits per heavy atom. The second-order valence-electron chi connectivity index (χ2n) is 8.39. The van der Waals surface area contributed by atoms with E-state index in [9.17, 15) is 18.0 Å². The van der Waals surface area contributed by atoms with Crippen molar-refractivity contribution in [1.29, 1.82) is 0 Å². The molecule has 0 bridgehead atoms. The van der Waals surface area contributed by atoms with Crippen LogP contribution >= 0.6 is 0 Å². The van der Waals surface area contributed by atoms with Crippen LogP contribution in [0.15, 0.2) is 60.8 Å². The van der Waals surface area contributed by atoms with E-state index in [1.807, 2.05) is 37.3 Å². The van der Waals surface area contributed by atoms with Crippen molar-refractivity contribution in [3.05, 3.63) is 83.4 Å². The summed E-state index contributed by atoms with van der Waals surface area (Å²) < 4.78 is 44.2. The van der Waals surface area contributed by atoms with E-state index < -0.39 is 23.8 Å². The minimum absolute atomic E-state index is 0.0710. The summed E-state index contributed by atoms with van der Waals surface area (Å²) in [4.78, 5) is 17.2. The average molecular weight is 478 g/mol. The Bertz CT molecular complexity index is 1580. The van der Waals surface area contributed by atoms with Crippen LogP contribution in [-0.4, -0.2) is 30.3 Å². The van der Waals surface area contributed by atoms with Crippen molar-refractivity contribution in [2.45, 2.75) is 26.1 Å². The van der Waals surface area contributed by atoms with Crippen LogP contribution in [0.4, 0.5) is 13.2 Å². The summed E-state index contributed by atoms with van der Waals surface area (Å²) in [7, 11) is 1.78. The molecule has 0 aliphatic rings. The average Bonchev–Trinajstić information content (AvgIpc) is 3.40. The molecule has 1 atom stereocenters. The number of nitrogens with one attached hydrogen (secondary N) is 1. The van der Waals surface area contributed by atoms with Crippen molar-refractivity contribution in [2.75, 3.05) is 0 Å². The van der Waals surface area contributed by atoms with E-state index in [1.54, 1.807) is 37.0 Å². The lowest BCUT2D eigenvalue weighted by molar-refractivity contribution is -0.142. The number of benzene rings is 2. The first-order valence-electron chi connectivity index (χ1n) is 10.9. The third kappa shape index (κ3) is 4.11. The zero-order valence-electron chi connectivity index (χ0n) is 19.1. The summed E-state index contributed by atoms with van der Waals surface area (Å²) >= 11 is 0. The number of aryl methyl sites for hydroxylation is 1. The molecule has 5 rings (SSSR count). The molecule has 7 nitrogen and oxygen atoms in total. The highest BCUT2D eigenvalue weighted by atomic mass is 19.4. The summed E-state index contributed by atoms with van der Waals surface area (Å²) in [5, 5.41) is 12.7. The minimum Gasteiger partial charge on any atom is -0.344 e. The number of fused-ring (bicyclic) bond motifs is 2. The Kier molecular flexibility index (Phi) is 5.31. The number of amides is 1. The number of nitrogens with zero attached hydrogens (tertiary/aromatic N) is 5. The molecule has 1 amide bonds. The third-order valence-corrected chi connectivity index (χ3v) is 6.08. The van der Waals surface area contributed by atoms with Crippen molar-refractivity contribution in [3.8, 4) is 11.3 Å². The van der Waals surface area contributed by atoms with Crippen LogP contribution in [0.5, 0.6) is 0 Å². The maximum atomic E-state index is 14.0. The standard InChI is InChI=1S/C25H21F3N6O/c1-14(19-13-29-33(3)15(19)2)30-24(35)21-12-23-31-20(11-22(25(26,27)28)34(23)32-21)18-9-8-16-6-4-5-7-17(16)10-18/h4-14H,1-3H3,(H,30,35). The molecule has 0 radical (unpaired) electrons. The fourth-order valence-corrected chi connectivity index (χ4v) is 4.07. The van der Waals surface area contributed by atoms with Gasteiger partial charge in [-0.05, 0) is 36.8 Å². The predicted molar refractivity (Wildman–Crippen MR) is 125 cm³/mol. The largest absolute Gasteiger partial charge is 0.433 e. The van der Waals surface area contributed by atoms with Gasteiger partial charge in [-0.25, -0.2) is 9.50 Å². The molecule has 0 aliphatic carbocycles. The number of hydrogen-bond donors (Lipinski definition) is 1. The number of halogens is 3. The molecule has 0 saturated carbocycles. The van der Waals surface area contributed by atoms with Gasteiger partial charge in [0.2, 0.25) is 0 Å². The van der Waals surface area contributed by atoms with Crippen molar-refractivity contribution in [1.82, 2.24) is 29.7 Å². The van der Waals surface area contributed by atoms with Crippen molar-refractivity contribution >= 4 is 22.3 Å². The SMILES string of the molecule is Cc1c(C(C)NC(=O)c2cc3nc(-c4ccc5ccccc5c4)cc(C(F)(F)F)n3n2)cnn1C. The monoisotopic (exact) mass is 478 g/mol. The molecule has 0 fully saturated rings. The smallest absolute Gasteiger partial charge is 0.344 e. The minimum atomic E-state index is -4.70. The lowest BCUT2D eigenvalue weighted by Gasteiger charge is -2.12. The lowest BCUT2D eigenvalue weighted by Crippen LogP contribution is -2.27. The first kappa shape index (κ1) is 22.6. The summed E-state index contributed by atoms with van der Waals surface area (Å²) in [5.41, 5.74) is 1.10. The Labute approximate surface area is 198 Å². The van der Waals surface area contributed by atoms with E-state index in [1.165, 1.54) is 6.07 Å². The molecule has 0 saturated heterocycles. The van der Waals surface area contributed by atoms with Crippen LogP contribution in [0.1, 0.15) is 40.4 Å². The molecule has 0 aliphatic heterocycles. The summed E-state index contributed by atoms with van der Waals surface area (Å²) in [6, 6.07) is 14.7. The van der Waals surface area contributed by atoms with Crippen LogP contribution in [-0.2, 0) is 13.2 Å². The van der Waals surface area contributed by atoms with Crippen LogP contribution in [0, 0.1) is 6.92 Å². The molecule has 5 aromatic rings. The molecule has 0 spiro atoms. The van der Waals surface area contributed by atoms with Crippen molar-refractivity contribution in [3.63, 3.8) is 0 Å². The van der Waals surface area contributed by atoms with E-state index >= 15 is 0 Å². The highest BCUT2D eigenvalue weighted by Gasteiger charge is 2.35. The maximum Gasteiger partial charge on any atom is 0.433 e. The molecule has 1 unspecified atom stereocenters. The second kappa shape index (κ2) is 8.23. The number of carbonyl (C=O) groups excluding carboxylic acids is 1. The molecular formula is C25H21F3N6O. The van der Waals surface area contributed by atoms with Gasteiger partial charge in [-0.3, -0.25) is 9.48 Å². The Hall–Kier alpha value is -4.21. The van der Waals surface area contributed by atoms with Crippen LogP contribution in [0.2, 0.25) is 0 Å². The number of carbonyl (C=O) groups is 1. The van der Waals surface area contributed by atoms with Crippen molar-refractivity contribution < 1.29 is 18.0 Å². The van der Waals surface area contributed by atoms with Gasteiger partial charge in [0.15, 0.2) is 17.0 Å². The highest BCUT2D eigenvalue weighted by Crippen LogP contribution is 2.33. The highest BCUT2D eigenvalue weighted by molar-refractivity contribution is 5.93. The second-order valence-corrected chi connectivity index (χ2v) is 8.39. The first-order chi connectivity index (χ1) is 16.6. The fraction of sp³-hybridized carbons (Fsp3) is 0.200. The summed E-state index contributed by atoms with van der Waals surface area (Å²) in [6.07, 6.45) is -3.06. The molecule has 35 heavy (non-hydrogen) atoms. The molecule has 3 heterocycles. The molecular weight excluding hydrogens is 457 g/mol. The Balaban J connectivity index is 1.55. The molecule has 1 N–H and O–H groups in total. The van der Waals surface area contributed by atoms with Gasteiger partial charge < -0.3 is 5.32 Å². The summed E-state index contributed by atoms with van der Waals surface area (Å²) in [6.45, 7) is 3.64. The number of alkyl halides is 3. The van der Waals surface area contributed by atoms with Gasteiger partial charge >= 0.3 is 6.18 Å². The van der Waals surface area contributed by atoms with E-state index in [2.05, 4.69) is 20.5 Å². The summed E-state index contributed by atoms with van der Waals surface area (Å²) in [5.74, 6) is -0.605. The van der Waals surface area contributed by atoms with Crippen LogP contribution in [0.25, 0.3) is 27.7 Å². The topological polar surface area (TPSA) is 77.1 Å². The van der Waals surface area contributed by atoms with E-state index in [-0.39, 0.29) is 17.0 Å². The molecule has 3 aromatic heterocycles. The molecule has 10 heteroatoms. The number of aromatic nitrogens is 5. The van der Waals surface area contributed by atoms with Crippen LogP contribution < -0.4 is 5.32 Å². The normalized spacial score (nSPS) is 12.9. The third-order valence-electron chi connectivity index (χ3n) is 6.08. The van der Waals surface area contributed by atoms with E-state index in [0.717, 1.165) is 28.1 Å². The number of rotatable bonds is 4. The van der Waals surface area contributed by atoms with Gasteiger partial charge in [-0.1, -0.05) is 36.4 Å². The molecule has 178 valence electrons. The fourth-order valence-electron chi connectivity index (χ4n) is 4.07. The Morgan fingerprint density at radius 1 is 1.06 bits per heavy atom. The van der Waals surface area contributed by atoms with Gasteiger partial charge in [0.1, 0.15) is 0 Å². The Morgan fingerprint density at radius 3 is 2.49 bits per heavy atom. The van der Waals surface area contributed by atoms with E-state index in [4.69, 9.17) is 0 Å². The van der Waals surface area contributed by atoms with Gasteiger partial charge in [0.05, 0.1) is 17.9 Å². The van der Waals surface area contributed by atoms with E-state index in [0.29, 0.717) is 10.1 Å². The van der Waals surface area contributed by atoms with Gasteiger partial charge in [-0.15, -0.1) is 0 Å². The molecule has 2 aromatic carbocycles. The van der Waals surface area contributed by atoms with Crippen molar-refractivity contribution in [2.24, 2.45) is 7.05 Å². The quantitative estimate of drug-likeness (QED) is 0.390. The van der Waals surface area contributed by atoms with Crippen LogP contribution in [0.3, 0.4) is 0 Å². The predicted octanol–water partition coefficient (Wildman–Crippen LogP) is 5.10. The first-order valence-corrected chi connectivity index (χ1v) is 10.9. The number of hydrogen-bond acceptors (Lipinski definition) is 4. The maximum absolute atomic E-state index is 14.0. The zero-order chi connectivity index (χ0) is 24.9. The van der Waals surface area contributed by atoms with Gasteiger partial charge in [-0.2, -0.15) is 23.4 Å². The van der Waals surface area contributed by atoms with Gasteiger partial charge in [0, 0.05) is 29.9 Å². The zero-order valence-corrected chi connectivity index (χ0v) is 19.1.